The molecule has 0 spiro atoms. The summed E-state index contributed by atoms with van der Waals surface area (Å²) in [7, 11) is 0. The summed E-state index contributed by atoms with van der Waals surface area (Å²) >= 11 is 0. The third-order valence-corrected chi connectivity index (χ3v) is 13.0. The molecular formula is C63H53N3O18. The largest absolute Gasteiger partial charge is 0.459 e. The molecule has 0 aromatic heterocycles. The molecule has 2 aliphatic heterocycles. The van der Waals surface area contributed by atoms with E-state index in [1.807, 2.05) is 0 Å². The summed E-state index contributed by atoms with van der Waals surface area (Å²) in [4.78, 5) is 102. The van der Waals surface area contributed by atoms with Crippen LogP contribution in [-0.2, 0) is 52.1 Å². The van der Waals surface area contributed by atoms with E-state index in [1.165, 1.54) is 84.9 Å². The molecule has 0 radical (unpaired) electrons. The van der Waals surface area contributed by atoms with Gasteiger partial charge in [0.1, 0.15) is 18.8 Å². The van der Waals surface area contributed by atoms with Gasteiger partial charge in [-0.3, -0.25) is 0 Å². The zero-order chi connectivity index (χ0) is 58.6. The fourth-order valence-electron chi connectivity index (χ4n) is 8.95. The van der Waals surface area contributed by atoms with Gasteiger partial charge < -0.3 is 52.1 Å². The van der Waals surface area contributed by atoms with E-state index in [0.29, 0.717) is 0 Å². The van der Waals surface area contributed by atoms with Crippen molar-refractivity contribution < 1.29 is 85.7 Å². The van der Waals surface area contributed by atoms with Crippen LogP contribution in [0.4, 0.5) is 0 Å². The van der Waals surface area contributed by atoms with Crippen LogP contribution in [-0.4, -0.2) is 130 Å². The van der Waals surface area contributed by atoms with E-state index in [0.717, 1.165) is 0 Å². The molecule has 9 rings (SSSR count). The normalized spacial score (nSPS) is 21.6. The van der Waals surface area contributed by atoms with Crippen LogP contribution in [0.15, 0.2) is 217 Å². The monoisotopic (exact) mass is 1140 g/mol. The summed E-state index contributed by atoms with van der Waals surface area (Å²) < 4.78 is 69.0. The summed E-state index contributed by atoms with van der Waals surface area (Å²) in [5.74, 6) is -6.62. The Morgan fingerprint density at radius 2 is 0.607 bits per heavy atom. The average Bonchev–Trinajstić information content (AvgIpc) is 2.16. The van der Waals surface area contributed by atoms with Crippen LogP contribution in [0.1, 0.15) is 72.5 Å². The Hall–Kier alpha value is -10.0. The molecule has 0 bridgehead atoms. The molecule has 84 heavy (non-hydrogen) atoms. The number of rotatable bonds is 22. The molecule has 7 aromatic carbocycles. The number of hydrogen-bond donors (Lipinski definition) is 0. The van der Waals surface area contributed by atoms with Crippen LogP contribution in [0.3, 0.4) is 0 Å². The number of nitrogens with zero attached hydrogens (tertiary/aromatic N) is 3. The van der Waals surface area contributed by atoms with Crippen molar-refractivity contribution in [3.8, 4) is 0 Å². The predicted octanol–water partition coefficient (Wildman–Crippen LogP) is 8.99. The number of esters is 7. The molecular weight excluding hydrogens is 1090 g/mol. The fraction of sp³-hybridized carbons (Fsp3) is 0.222. The summed E-state index contributed by atoms with van der Waals surface area (Å²) in [5.41, 5.74) is 9.54. The number of hydrogen-bond acceptors (Lipinski definition) is 19. The van der Waals surface area contributed by atoms with E-state index in [9.17, 15) is 33.6 Å². The van der Waals surface area contributed by atoms with E-state index in [4.69, 9.17) is 57.6 Å². The Morgan fingerprint density at radius 1 is 0.345 bits per heavy atom. The smallest absolute Gasteiger partial charge is 0.338 e. The highest BCUT2D eigenvalue weighted by molar-refractivity contribution is 5.93. The minimum atomic E-state index is -1.92. The molecule has 0 saturated carbocycles. The third-order valence-electron chi connectivity index (χ3n) is 13.0. The van der Waals surface area contributed by atoms with Gasteiger partial charge in [0.15, 0.2) is 49.2 Å². The second kappa shape index (κ2) is 29.1. The zero-order valence-corrected chi connectivity index (χ0v) is 44.5. The standard InChI is InChI=1S/C63H53N3O18/c64-66-65-36-37-74-62-53(83-60(72)45-32-18-6-19-33-45)51(81-58(70)43-28-14-4-15-29-43)50(80-57(69)42-26-12-3-13-27-42)48(77-62)39-76-63-54(84-61(73)46-34-20-7-21-35-46)52(82-59(71)44-30-16-5-17-31-44)49(79-56(68)41-24-10-2-11-25-41)47(78-63)38-75-55(67)40-22-8-1-9-23-40/h1-35,47-54,62-63H,36-39H2/t47-,48-,49-,50-,51+,52+,53+,54+,62+,63+/m1/s1. The topological polar surface area (TPSA) is 270 Å². The van der Waals surface area contributed by atoms with E-state index in [2.05, 4.69) is 10.0 Å². The van der Waals surface area contributed by atoms with Crippen molar-refractivity contribution >= 4 is 41.8 Å². The van der Waals surface area contributed by atoms with Crippen molar-refractivity contribution in [1.82, 2.24) is 0 Å². The van der Waals surface area contributed by atoms with Crippen LogP contribution in [0.25, 0.3) is 10.4 Å². The molecule has 0 N–H and O–H groups in total. The molecule has 21 nitrogen and oxygen atoms in total. The Morgan fingerprint density at radius 3 is 0.917 bits per heavy atom. The maximum atomic E-state index is 14.4. The van der Waals surface area contributed by atoms with Crippen LogP contribution in [0.2, 0.25) is 0 Å². The molecule has 10 atom stereocenters. The second-order valence-corrected chi connectivity index (χ2v) is 18.6. The highest BCUT2D eigenvalue weighted by Crippen LogP contribution is 2.35. The fourth-order valence-corrected chi connectivity index (χ4v) is 8.95. The van der Waals surface area contributed by atoms with E-state index < -0.39 is 116 Å². The molecule has 0 aliphatic carbocycles. The van der Waals surface area contributed by atoms with Gasteiger partial charge in [0, 0.05) is 11.5 Å². The minimum absolute atomic E-state index is 0.0181. The highest BCUT2D eigenvalue weighted by Gasteiger charge is 2.57. The molecule has 2 heterocycles. The number of benzene rings is 7. The van der Waals surface area contributed by atoms with Crippen LogP contribution in [0, 0.1) is 0 Å². The Kier molecular flexibility index (Phi) is 20.3. The second-order valence-electron chi connectivity index (χ2n) is 18.6. The first-order chi connectivity index (χ1) is 41.0. The average molecular weight is 1140 g/mol. The van der Waals surface area contributed by atoms with Gasteiger partial charge in [0.05, 0.1) is 52.2 Å². The Bertz CT molecular complexity index is 3380. The molecule has 2 saturated heterocycles. The van der Waals surface area contributed by atoms with Crippen molar-refractivity contribution in [2.24, 2.45) is 5.11 Å². The number of ether oxygens (including phenoxy) is 11. The van der Waals surface area contributed by atoms with Gasteiger partial charge in [0.25, 0.3) is 0 Å². The maximum Gasteiger partial charge on any atom is 0.338 e. The molecule has 0 unspecified atom stereocenters. The lowest BCUT2D eigenvalue weighted by Gasteiger charge is -2.46. The van der Waals surface area contributed by atoms with Crippen molar-refractivity contribution in [2.45, 2.75) is 61.4 Å². The van der Waals surface area contributed by atoms with E-state index in [1.54, 1.807) is 127 Å². The SMILES string of the molecule is [N-]=[N+]=NCCO[C@H]1O[C@H](CO[C@H]2O[C@H](COC(=O)c3ccccc3)[C@@H](OC(=O)c3ccccc3)[C@H](OC(=O)c3ccccc3)[C@@H]2OC(=O)c2ccccc2)[C@@H](OC(=O)c2ccccc2)[C@H](OC(=O)c2ccccc2)[C@@H]1OC(=O)c1ccccc1. The molecule has 428 valence electrons. The Labute approximate surface area is 480 Å². The van der Waals surface area contributed by atoms with Gasteiger partial charge in [-0.05, 0) is 90.5 Å². The number of carbonyl (C=O) groups is 7. The summed E-state index contributed by atoms with van der Waals surface area (Å²) in [6, 6.07) is 54.4. The van der Waals surface area contributed by atoms with Crippen molar-refractivity contribution in [3.63, 3.8) is 0 Å². The van der Waals surface area contributed by atoms with E-state index >= 15 is 0 Å². The number of carbonyl (C=O) groups excluding carboxylic acids is 7. The summed E-state index contributed by atoms with van der Waals surface area (Å²) in [6.07, 6.45) is -17.8. The third kappa shape index (κ3) is 15.3. The lowest BCUT2D eigenvalue weighted by molar-refractivity contribution is -0.327. The Balaban J connectivity index is 1.15. The predicted molar refractivity (Wildman–Crippen MR) is 294 cm³/mol. The van der Waals surface area contributed by atoms with Gasteiger partial charge in [-0.15, -0.1) is 0 Å². The molecule has 7 aromatic rings. The van der Waals surface area contributed by atoms with Crippen LogP contribution >= 0.6 is 0 Å². The van der Waals surface area contributed by atoms with Gasteiger partial charge in [-0.25, -0.2) is 33.6 Å². The van der Waals surface area contributed by atoms with Crippen molar-refractivity contribution in [2.75, 3.05) is 26.4 Å². The van der Waals surface area contributed by atoms with Gasteiger partial charge in [-0.2, -0.15) is 0 Å². The van der Waals surface area contributed by atoms with Crippen molar-refractivity contribution in [1.29, 1.82) is 0 Å². The van der Waals surface area contributed by atoms with Gasteiger partial charge in [-0.1, -0.05) is 133 Å². The number of azide groups is 1. The lowest BCUT2D eigenvalue weighted by atomic mass is 9.96. The quantitative estimate of drug-likeness (QED) is 0.0153. The molecule has 2 fully saturated rings. The lowest BCUT2D eigenvalue weighted by Crippen LogP contribution is -2.65. The first-order valence-corrected chi connectivity index (χ1v) is 26.4. The van der Waals surface area contributed by atoms with E-state index in [-0.39, 0.29) is 52.1 Å². The zero-order valence-electron chi connectivity index (χ0n) is 44.5. The molecule has 21 heteroatoms. The first kappa shape index (κ1) is 58.6. The van der Waals surface area contributed by atoms with Crippen LogP contribution < -0.4 is 0 Å². The van der Waals surface area contributed by atoms with Crippen molar-refractivity contribution in [3.05, 3.63) is 262 Å². The van der Waals surface area contributed by atoms with Gasteiger partial charge in [0.2, 0.25) is 0 Å². The highest BCUT2D eigenvalue weighted by atomic mass is 16.8. The summed E-state index contributed by atoms with van der Waals surface area (Å²) in [5, 5.41) is 3.55. The minimum Gasteiger partial charge on any atom is -0.459 e. The first-order valence-electron chi connectivity index (χ1n) is 26.4. The molecule has 0 amide bonds. The van der Waals surface area contributed by atoms with Gasteiger partial charge >= 0.3 is 41.8 Å². The maximum absolute atomic E-state index is 14.4. The molecule has 2 aliphatic rings. The van der Waals surface area contributed by atoms with Crippen LogP contribution in [0.5, 0.6) is 0 Å². The summed E-state index contributed by atoms with van der Waals surface area (Å²) in [6.45, 7) is -2.13.